The number of aromatic nitrogens is 3. The number of benzene rings is 1. The Bertz CT molecular complexity index is 1280. The van der Waals surface area contributed by atoms with Gasteiger partial charge in [-0.15, -0.1) is 0 Å². The van der Waals surface area contributed by atoms with Crippen LogP contribution in [0.2, 0.25) is 5.02 Å². The molecule has 1 aliphatic heterocycles. The Kier molecular flexibility index (Phi) is 5.90. The van der Waals surface area contributed by atoms with Gasteiger partial charge in [0.1, 0.15) is 11.5 Å². The lowest BCUT2D eigenvalue weighted by Gasteiger charge is -2.37. The van der Waals surface area contributed by atoms with E-state index in [1.54, 1.807) is 21.6 Å². The van der Waals surface area contributed by atoms with Crippen LogP contribution in [0.4, 0.5) is 5.82 Å². The molecule has 1 saturated heterocycles. The summed E-state index contributed by atoms with van der Waals surface area (Å²) < 4.78 is 2.95. The van der Waals surface area contributed by atoms with Crippen LogP contribution in [-0.4, -0.2) is 51.1 Å². The number of halogens is 1. The van der Waals surface area contributed by atoms with Crippen LogP contribution in [0.15, 0.2) is 39.9 Å². The second-order valence-corrected chi connectivity index (χ2v) is 9.18. The highest BCUT2D eigenvalue weighted by atomic mass is 35.5. The summed E-state index contributed by atoms with van der Waals surface area (Å²) in [7, 11) is 0. The highest BCUT2D eigenvalue weighted by Crippen LogP contribution is 2.22. The summed E-state index contributed by atoms with van der Waals surface area (Å²) in [6.45, 7) is 9.59. The number of H-pyrrole nitrogens is 1. The Balaban J connectivity index is 1.56. The molecule has 0 bridgehead atoms. The van der Waals surface area contributed by atoms with Crippen LogP contribution in [0.5, 0.6) is 0 Å². The van der Waals surface area contributed by atoms with Crippen molar-refractivity contribution in [2.75, 3.05) is 31.1 Å². The lowest BCUT2D eigenvalue weighted by molar-refractivity contribution is 0.0741. The van der Waals surface area contributed by atoms with Crippen LogP contribution in [0.25, 0.3) is 10.9 Å². The molecule has 1 amide bonds. The van der Waals surface area contributed by atoms with E-state index in [-0.39, 0.29) is 29.2 Å². The molecule has 32 heavy (non-hydrogen) atoms. The van der Waals surface area contributed by atoms with E-state index in [0.717, 1.165) is 10.9 Å². The Labute approximate surface area is 191 Å². The maximum Gasteiger partial charge on any atom is 0.333 e. The van der Waals surface area contributed by atoms with Gasteiger partial charge in [0.05, 0.1) is 0 Å². The van der Waals surface area contributed by atoms with Gasteiger partial charge in [-0.3, -0.25) is 18.7 Å². The van der Waals surface area contributed by atoms with Crippen LogP contribution in [0.3, 0.4) is 0 Å². The zero-order valence-corrected chi connectivity index (χ0v) is 19.5. The molecule has 0 spiro atoms. The first-order valence-electron chi connectivity index (χ1n) is 10.9. The van der Waals surface area contributed by atoms with Crippen molar-refractivity contribution in [2.45, 2.75) is 39.8 Å². The highest BCUT2D eigenvalue weighted by Gasteiger charge is 2.26. The summed E-state index contributed by atoms with van der Waals surface area (Å²) in [4.78, 5) is 45.7. The normalized spacial score (nSPS) is 14.7. The van der Waals surface area contributed by atoms with Crippen LogP contribution in [-0.2, 0) is 0 Å². The monoisotopic (exact) mass is 457 g/mol. The Morgan fingerprint density at radius 2 is 1.59 bits per heavy atom. The van der Waals surface area contributed by atoms with Crippen LogP contribution in [0.1, 0.15) is 50.3 Å². The molecule has 170 valence electrons. The summed E-state index contributed by atoms with van der Waals surface area (Å²) in [6.07, 6.45) is 0. The smallest absolute Gasteiger partial charge is 0.333 e. The number of aromatic amines is 1. The zero-order chi connectivity index (χ0) is 23.2. The van der Waals surface area contributed by atoms with Gasteiger partial charge in [0.25, 0.3) is 11.5 Å². The second kappa shape index (κ2) is 8.50. The molecule has 4 rings (SSSR count). The Hall–Kier alpha value is -3.00. The van der Waals surface area contributed by atoms with Gasteiger partial charge in [-0.05, 0) is 52.0 Å². The number of carbonyl (C=O) groups is 1. The first kappa shape index (κ1) is 22.2. The van der Waals surface area contributed by atoms with Gasteiger partial charge < -0.3 is 14.8 Å². The molecule has 1 aliphatic rings. The number of hydrogen-bond donors (Lipinski definition) is 1. The lowest BCUT2D eigenvalue weighted by Crippen LogP contribution is -2.51. The standard InChI is InChI=1S/C23H28ClN5O3/c1-14(2)28-20(13-21(30)29(15(3)4)23(28)32)26-7-9-27(10-8-26)22(31)19-12-16-11-17(24)5-6-18(16)25-19/h5-6,11-15,25H,7-10H2,1-4H3. The van der Waals surface area contributed by atoms with Gasteiger partial charge in [-0.25, -0.2) is 4.79 Å². The van der Waals surface area contributed by atoms with E-state index in [9.17, 15) is 14.4 Å². The number of hydrogen-bond acceptors (Lipinski definition) is 4. The van der Waals surface area contributed by atoms with Crippen molar-refractivity contribution in [3.63, 3.8) is 0 Å². The molecule has 3 heterocycles. The number of fused-ring (bicyclic) bond motifs is 1. The molecule has 1 fully saturated rings. The molecule has 3 aromatic rings. The molecule has 0 saturated carbocycles. The molecule has 1 N–H and O–H groups in total. The van der Waals surface area contributed by atoms with Crippen molar-refractivity contribution < 1.29 is 4.79 Å². The minimum absolute atomic E-state index is 0.0755. The van der Waals surface area contributed by atoms with Crippen LogP contribution in [0, 0.1) is 0 Å². The first-order chi connectivity index (χ1) is 15.2. The van der Waals surface area contributed by atoms with Crippen molar-refractivity contribution in [1.82, 2.24) is 19.0 Å². The Morgan fingerprint density at radius 1 is 0.938 bits per heavy atom. The van der Waals surface area contributed by atoms with Crippen LogP contribution >= 0.6 is 11.6 Å². The van der Waals surface area contributed by atoms with Gasteiger partial charge in [0.2, 0.25) is 0 Å². The van der Waals surface area contributed by atoms with E-state index in [2.05, 4.69) is 4.98 Å². The molecule has 0 unspecified atom stereocenters. The van der Waals surface area contributed by atoms with Gasteiger partial charge in [-0.2, -0.15) is 0 Å². The fraction of sp³-hybridized carbons (Fsp3) is 0.435. The van der Waals surface area contributed by atoms with E-state index in [4.69, 9.17) is 11.6 Å². The van der Waals surface area contributed by atoms with Crippen molar-refractivity contribution in [3.8, 4) is 0 Å². The largest absolute Gasteiger partial charge is 0.354 e. The number of piperazine rings is 1. The second-order valence-electron chi connectivity index (χ2n) is 8.74. The van der Waals surface area contributed by atoms with Gasteiger partial charge in [0.15, 0.2) is 0 Å². The summed E-state index contributed by atoms with van der Waals surface area (Å²) in [6, 6.07) is 8.52. The topological polar surface area (TPSA) is 83.3 Å². The van der Waals surface area contributed by atoms with E-state index in [1.807, 2.05) is 50.8 Å². The molecular formula is C23H28ClN5O3. The molecule has 2 aromatic heterocycles. The third kappa shape index (κ3) is 3.95. The highest BCUT2D eigenvalue weighted by molar-refractivity contribution is 6.31. The van der Waals surface area contributed by atoms with Crippen molar-refractivity contribution >= 4 is 34.2 Å². The lowest BCUT2D eigenvalue weighted by atomic mass is 10.2. The third-order valence-electron chi connectivity index (χ3n) is 5.89. The molecular weight excluding hydrogens is 430 g/mol. The van der Waals surface area contributed by atoms with Crippen molar-refractivity contribution in [1.29, 1.82) is 0 Å². The number of carbonyl (C=O) groups excluding carboxylic acids is 1. The average molecular weight is 458 g/mol. The van der Waals surface area contributed by atoms with Crippen LogP contribution < -0.4 is 16.1 Å². The molecule has 8 nitrogen and oxygen atoms in total. The van der Waals surface area contributed by atoms with Gasteiger partial charge >= 0.3 is 5.69 Å². The molecule has 1 aromatic carbocycles. The van der Waals surface area contributed by atoms with E-state index in [0.29, 0.717) is 42.7 Å². The average Bonchev–Trinajstić information content (AvgIpc) is 3.15. The predicted molar refractivity (Wildman–Crippen MR) is 127 cm³/mol. The molecule has 0 radical (unpaired) electrons. The fourth-order valence-corrected chi connectivity index (χ4v) is 4.47. The maximum absolute atomic E-state index is 13.0. The van der Waals surface area contributed by atoms with E-state index >= 15 is 0 Å². The molecule has 9 heteroatoms. The van der Waals surface area contributed by atoms with Gasteiger partial charge in [-0.1, -0.05) is 11.6 Å². The minimum Gasteiger partial charge on any atom is -0.354 e. The van der Waals surface area contributed by atoms with E-state index in [1.165, 1.54) is 4.57 Å². The first-order valence-corrected chi connectivity index (χ1v) is 11.3. The summed E-state index contributed by atoms with van der Waals surface area (Å²) in [5.74, 6) is 0.535. The summed E-state index contributed by atoms with van der Waals surface area (Å²) in [5.41, 5.74) is 0.789. The zero-order valence-electron chi connectivity index (χ0n) is 18.8. The number of amides is 1. The summed E-state index contributed by atoms with van der Waals surface area (Å²) >= 11 is 6.05. The molecule has 0 atom stereocenters. The van der Waals surface area contributed by atoms with E-state index < -0.39 is 0 Å². The van der Waals surface area contributed by atoms with Gasteiger partial charge in [0, 0.05) is 60.3 Å². The minimum atomic E-state index is -0.299. The molecule has 0 aliphatic carbocycles. The summed E-state index contributed by atoms with van der Waals surface area (Å²) in [5, 5.41) is 1.52. The predicted octanol–water partition coefficient (Wildman–Crippen LogP) is 3.27. The van der Waals surface area contributed by atoms with Crippen molar-refractivity contribution in [2.24, 2.45) is 0 Å². The maximum atomic E-state index is 13.0. The fourth-order valence-electron chi connectivity index (χ4n) is 4.29. The number of rotatable bonds is 4. The SMILES string of the molecule is CC(C)n1c(N2CCN(C(=O)c3cc4cc(Cl)ccc4[nH]3)CC2)cc(=O)n(C(C)C)c1=O. The number of nitrogens with zero attached hydrogens (tertiary/aromatic N) is 4. The third-order valence-corrected chi connectivity index (χ3v) is 6.12. The number of anilines is 1. The Morgan fingerprint density at radius 3 is 2.22 bits per heavy atom. The quantitative estimate of drug-likeness (QED) is 0.651. The van der Waals surface area contributed by atoms with Crippen molar-refractivity contribution in [3.05, 3.63) is 61.9 Å². The number of nitrogens with one attached hydrogen (secondary N) is 1.